The Balaban J connectivity index is 2.78. The number of aliphatic carboxylic acids is 1. The lowest BCUT2D eigenvalue weighted by Crippen LogP contribution is -2.07. The fraction of sp³-hybridized carbons (Fsp3) is 0.300. The molecule has 0 aliphatic carbocycles. The largest absolute Gasteiger partial charge is 0.481 e. The summed E-state index contributed by atoms with van der Waals surface area (Å²) in [5.74, 6) is -1.58. The third-order valence-corrected chi connectivity index (χ3v) is 2.20. The third kappa shape index (κ3) is 3.00. The van der Waals surface area contributed by atoms with E-state index in [1.807, 2.05) is 0 Å². The van der Waals surface area contributed by atoms with Gasteiger partial charge in [0.15, 0.2) is 0 Å². The Morgan fingerprint density at radius 3 is 2.43 bits per heavy atom. The number of hydrogen-bond acceptors (Lipinski definition) is 1. The lowest BCUT2D eigenvalue weighted by Gasteiger charge is -2.10. The van der Waals surface area contributed by atoms with Gasteiger partial charge in [-0.15, -0.1) is 0 Å². The molecule has 4 heteroatoms. The molecule has 0 amide bonds. The van der Waals surface area contributed by atoms with Crippen LogP contribution in [0.4, 0.5) is 4.39 Å². The van der Waals surface area contributed by atoms with E-state index < -0.39 is 18.6 Å². The number of carbonyl (C=O) groups is 1. The second kappa shape index (κ2) is 4.96. The zero-order chi connectivity index (χ0) is 10.6. The zero-order valence-electron chi connectivity index (χ0n) is 7.41. The first-order valence-electron chi connectivity index (χ1n) is 4.16. The minimum Gasteiger partial charge on any atom is -0.481 e. The molecule has 1 atom stereocenters. The van der Waals surface area contributed by atoms with Crippen molar-refractivity contribution in [1.82, 2.24) is 0 Å². The van der Waals surface area contributed by atoms with Crippen LogP contribution in [0.2, 0.25) is 5.02 Å². The van der Waals surface area contributed by atoms with Crippen LogP contribution in [-0.4, -0.2) is 17.8 Å². The van der Waals surface area contributed by atoms with E-state index in [0.29, 0.717) is 10.6 Å². The summed E-state index contributed by atoms with van der Waals surface area (Å²) in [6.45, 7) is -0.673. The highest BCUT2D eigenvalue weighted by molar-refractivity contribution is 6.30. The molecule has 1 aromatic carbocycles. The molecule has 0 aromatic heterocycles. The fourth-order valence-electron chi connectivity index (χ4n) is 1.21. The van der Waals surface area contributed by atoms with E-state index in [2.05, 4.69) is 0 Å². The normalized spacial score (nSPS) is 12.4. The Morgan fingerprint density at radius 2 is 2.00 bits per heavy atom. The van der Waals surface area contributed by atoms with Gasteiger partial charge in [-0.1, -0.05) is 23.7 Å². The highest BCUT2D eigenvalue weighted by atomic mass is 35.5. The molecule has 0 saturated heterocycles. The second-order valence-electron chi connectivity index (χ2n) is 3.00. The molecule has 1 aromatic rings. The molecule has 0 aliphatic rings. The maximum absolute atomic E-state index is 12.5. The van der Waals surface area contributed by atoms with Gasteiger partial charge in [0.2, 0.25) is 0 Å². The fourth-order valence-corrected chi connectivity index (χ4v) is 1.33. The van der Waals surface area contributed by atoms with Crippen molar-refractivity contribution in [2.75, 3.05) is 6.67 Å². The number of hydrogen-bond donors (Lipinski definition) is 1. The maximum Gasteiger partial charge on any atom is 0.304 e. The van der Waals surface area contributed by atoms with Crippen molar-refractivity contribution in [2.24, 2.45) is 0 Å². The van der Waals surface area contributed by atoms with Crippen molar-refractivity contribution < 1.29 is 14.3 Å². The van der Waals surface area contributed by atoms with Gasteiger partial charge in [-0.3, -0.25) is 9.18 Å². The van der Waals surface area contributed by atoms with Crippen molar-refractivity contribution in [2.45, 2.75) is 12.3 Å². The number of rotatable bonds is 4. The predicted molar refractivity (Wildman–Crippen MR) is 52.4 cm³/mol. The van der Waals surface area contributed by atoms with Crippen LogP contribution in [-0.2, 0) is 4.79 Å². The van der Waals surface area contributed by atoms with E-state index in [-0.39, 0.29) is 6.42 Å². The minimum absolute atomic E-state index is 0.196. The Morgan fingerprint density at radius 1 is 1.43 bits per heavy atom. The van der Waals surface area contributed by atoms with Gasteiger partial charge in [-0.05, 0) is 17.7 Å². The van der Waals surface area contributed by atoms with Gasteiger partial charge in [0.25, 0.3) is 0 Å². The van der Waals surface area contributed by atoms with E-state index >= 15 is 0 Å². The molecule has 0 radical (unpaired) electrons. The summed E-state index contributed by atoms with van der Waals surface area (Å²) < 4.78 is 12.5. The van der Waals surface area contributed by atoms with Crippen molar-refractivity contribution in [3.63, 3.8) is 0 Å². The van der Waals surface area contributed by atoms with Crippen molar-refractivity contribution in [3.05, 3.63) is 34.9 Å². The van der Waals surface area contributed by atoms with Crippen LogP contribution in [0.3, 0.4) is 0 Å². The first kappa shape index (κ1) is 11.0. The van der Waals surface area contributed by atoms with Crippen LogP contribution >= 0.6 is 11.6 Å². The van der Waals surface area contributed by atoms with Crippen LogP contribution in [0.5, 0.6) is 0 Å². The summed E-state index contributed by atoms with van der Waals surface area (Å²) in [4.78, 5) is 10.4. The minimum atomic E-state index is -0.998. The summed E-state index contributed by atoms with van der Waals surface area (Å²) in [5.41, 5.74) is 0.666. The zero-order valence-corrected chi connectivity index (χ0v) is 8.17. The third-order valence-electron chi connectivity index (χ3n) is 1.95. The van der Waals surface area contributed by atoms with Crippen molar-refractivity contribution >= 4 is 17.6 Å². The van der Waals surface area contributed by atoms with E-state index in [9.17, 15) is 9.18 Å². The molecular weight excluding hydrogens is 207 g/mol. The summed E-state index contributed by atoms with van der Waals surface area (Å²) in [5, 5.41) is 9.10. The molecule has 0 saturated carbocycles. The van der Waals surface area contributed by atoms with Gasteiger partial charge in [0.05, 0.1) is 13.1 Å². The molecule has 0 heterocycles. The van der Waals surface area contributed by atoms with Gasteiger partial charge < -0.3 is 5.11 Å². The smallest absolute Gasteiger partial charge is 0.304 e. The van der Waals surface area contributed by atoms with Crippen LogP contribution in [0, 0.1) is 0 Å². The maximum atomic E-state index is 12.5. The summed E-state index contributed by atoms with van der Waals surface area (Å²) in [7, 11) is 0. The van der Waals surface area contributed by atoms with Crippen molar-refractivity contribution in [1.29, 1.82) is 0 Å². The molecule has 76 valence electrons. The van der Waals surface area contributed by atoms with E-state index in [0.717, 1.165) is 0 Å². The Labute approximate surface area is 86.3 Å². The molecule has 1 rings (SSSR count). The van der Waals surface area contributed by atoms with Crippen LogP contribution in [0.25, 0.3) is 0 Å². The van der Waals surface area contributed by atoms with Gasteiger partial charge >= 0.3 is 5.97 Å². The lowest BCUT2D eigenvalue weighted by atomic mass is 9.97. The molecule has 14 heavy (non-hydrogen) atoms. The van der Waals surface area contributed by atoms with E-state index in [1.54, 1.807) is 24.3 Å². The average Bonchev–Trinajstić information content (AvgIpc) is 2.15. The molecule has 1 N–H and O–H groups in total. The highest BCUT2D eigenvalue weighted by Gasteiger charge is 2.14. The molecule has 0 bridgehead atoms. The SMILES string of the molecule is O=C(O)CC(CF)c1ccc(Cl)cc1. The van der Waals surface area contributed by atoms with Gasteiger partial charge in [0.1, 0.15) is 0 Å². The van der Waals surface area contributed by atoms with Gasteiger partial charge in [-0.2, -0.15) is 0 Å². The van der Waals surface area contributed by atoms with E-state index in [1.165, 1.54) is 0 Å². The number of benzene rings is 1. The quantitative estimate of drug-likeness (QED) is 0.840. The topological polar surface area (TPSA) is 37.3 Å². The highest BCUT2D eigenvalue weighted by Crippen LogP contribution is 2.22. The first-order valence-corrected chi connectivity index (χ1v) is 4.54. The number of carboxylic acid groups (broad SMARTS) is 1. The molecule has 2 nitrogen and oxygen atoms in total. The first-order chi connectivity index (χ1) is 6.63. The average molecular weight is 217 g/mol. The van der Waals surface area contributed by atoms with Crippen LogP contribution in [0.1, 0.15) is 17.9 Å². The molecular formula is C10H10ClFO2. The van der Waals surface area contributed by atoms with E-state index in [4.69, 9.17) is 16.7 Å². The van der Waals surface area contributed by atoms with Gasteiger partial charge in [-0.25, -0.2) is 0 Å². The van der Waals surface area contributed by atoms with Crippen LogP contribution < -0.4 is 0 Å². The Hall–Kier alpha value is -1.09. The van der Waals surface area contributed by atoms with Gasteiger partial charge in [0, 0.05) is 10.9 Å². The molecule has 1 unspecified atom stereocenters. The summed E-state index contributed by atoms with van der Waals surface area (Å²) >= 11 is 5.66. The summed E-state index contributed by atoms with van der Waals surface area (Å²) in [6.07, 6.45) is -0.196. The summed E-state index contributed by atoms with van der Waals surface area (Å²) in [6, 6.07) is 6.55. The molecule has 0 spiro atoms. The lowest BCUT2D eigenvalue weighted by molar-refractivity contribution is -0.137. The number of carboxylic acids is 1. The Bertz CT molecular complexity index is 310. The standard InChI is InChI=1S/C10H10ClFO2/c11-9-3-1-7(2-4-9)8(6-12)5-10(13)14/h1-4,8H,5-6H2,(H,13,14). The molecule has 0 fully saturated rings. The number of alkyl halides is 1. The number of halogens is 2. The van der Waals surface area contributed by atoms with Crippen molar-refractivity contribution in [3.8, 4) is 0 Å². The predicted octanol–water partition coefficient (Wildman–Crippen LogP) is 2.87. The second-order valence-corrected chi connectivity index (χ2v) is 3.44. The van der Waals surface area contributed by atoms with Crippen LogP contribution in [0.15, 0.2) is 24.3 Å². The Kier molecular flexibility index (Phi) is 3.89. The molecule has 0 aliphatic heterocycles. The monoisotopic (exact) mass is 216 g/mol.